The Morgan fingerprint density at radius 3 is 2.30 bits per heavy atom. The first-order valence-corrected chi connectivity index (χ1v) is 8.80. The molecule has 0 aliphatic carbocycles. The average molecular weight is 282 g/mol. The summed E-state index contributed by atoms with van der Waals surface area (Å²) < 4.78 is 6.17. The predicted octanol–water partition coefficient (Wildman–Crippen LogP) is 3.05. The first-order chi connectivity index (χ1) is 9.71. The molecule has 0 aromatic rings. The number of ether oxygens (including phenoxy) is 1. The number of likely N-dealkylation sites (N-methyl/N-ethyl adjacent to an activating group) is 1. The van der Waals surface area contributed by atoms with Crippen LogP contribution < -0.4 is 5.32 Å². The van der Waals surface area contributed by atoms with E-state index in [2.05, 4.69) is 31.0 Å². The fourth-order valence-corrected chi connectivity index (χ4v) is 3.82. The lowest BCUT2D eigenvalue weighted by atomic mass is 9.74. The largest absolute Gasteiger partial charge is 0.372 e. The van der Waals surface area contributed by atoms with Crippen LogP contribution in [0.15, 0.2) is 0 Å². The number of likely N-dealkylation sites (tertiary alicyclic amines) is 1. The van der Waals surface area contributed by atoms with Crippen LogP contribution in [-0.4, -0.2) is 49.8 Å². The second-order valence-electron chi connectivity index (χ2n) is 6.77. The standard InChI is InChI=1S/C17H34N2O/c1-4-17(5-2)9-11-19(12-10-17)14-16-8-7-15(20-16)13-18-6-3/h15-16,18H,4-14H2,1-3H3. The Labute approximate surface area is 125 Å². The maximum Gasteiger partial charge on any atom is 0.0707 e. The number of nitrogens with zero attached hydrogens (tertiary/aromatic N) is 1. The van der Waals surface area contributed by atoms with Gasteiger partial charge in [0.1, 0.15) is 0 Å². The van der Waals surface area contributed by atoms with Crippen LogP contribution >= 0.6 is 0 Å². The van der Waals surface area contributed by atoms with Gasteiger partial charge in [0.05, 0.1) is 12.2 Å². The monoisotopic (exact) mass is 282 g/mol. The van der Waals surface area contributed by atoms with Gasteiger partial charge in [-0.25, -0.2) is 0 Å². The van der Waals surface area contributed by atoms with Crippen molar-refractivity contribution in [3.63, 3.8) is 0 Å². The Bertz CT molecular complexity index is 268. The minimum Gasteiger partial charge on any atom is -0.372 e. The molecule has 2 heterocycles. The third kappa shape index (κ3) is 4.19. The van der Waals surface area contributed by atoms with E-state index in [1.807, 2.05) is 0 Å². The maximum atomic E-state index is 6.17. The van der Waals surface area contributed by atoms with Crippen molar-refractivity contribution in [2.24, 2.45) is 5.41 Å². The highest BCUT2D eigenvalue weighted by Crippen LogP contribution is 2.38. The van der Waals surface area contributed by atoms with Crippen LogP contribution in [0.3, 0.4) is 0 Å². The summed E-state index contributed by atoms with van der Waals surface area (Å²) in [5, 5.41) is 3.40. The molecule has 2 rings (SSSR count). The highest BCUT2D eigenvalue weighted by atomic mass is 16.5. The molecule has 2 fully saturated rings. The Kier molecular flexibility index (Phi) is 6.31. The van der Waals surface area contributed by atoms with E-state index in [1.54, 1.807) is 0 Å². The molecule has 2 unspecified atom stereocenters. The molecule has 0 bridgehead atoms. The quantitative estimate of drug-likeness (QED) is 0.777. The van der Waals surface area contributed by atoms with E-state index < -0.39 is 0 Å². The van der Waals surface area contributed by atoms with Crippen molar-refractivity contribution in [2.75, 3.05) is 32.7 Å². The number of rotatable bonds is 7. The summed E-state index contributed by atoms with van der Waals surface area (Å²) in [6.07, 6.45) is 8.88. The molecule has 2 atom stereocenters. The molecule has 118 valence electrons. The summed E-state index contributed by atoms with van der Waals surface area (Å²) in [4.78, 5) is 2.64. The van der Waals surface area contributed by atoms with E-state index in [9.17, 15) is 0 Å². The second-order valence-corrected chi connectivity index (χ2v) is 6.77. The van der Waals surface area contributed by atoms with Crippen molar-refractivity contribution in [3.05, 3.63) is 0 Å². The van der Waals surface area contributed by atoms with Crippen LogP contribution in [0.2, 0.25) is 0 Å². The Morgan fingerprint density at radius 1 is 1.05 bits per heavy atom. The average Bonchev–Trinajstić information content (AvgIpc) is 2.94. The number of hydrogen-bond acceptors (Lipinski definition) is 3. The van der Waals surface area contributed by atoms with Crippen molar-refractivity contribution in [1.82, 2.24) is 10.2 Å². The van der Waals surface area contributed by atoms with Gasteiger partial charge in [-0.05, 0) is 50.7 Å². The summed E-state index contributed by atoms with van der Waals surface area (Å²) in [5.41, 5.74) is 0.639. The van der Waals surface area contributed by atoms with Gasteiger partial charge in [0.25, 0.3) is 0 Å². The summed E-state index contributed by atoms with van der Waals surface area (Å²) in [6, 6.07) is 0. The molecule has 2 aliphatic rings. The summed E-state index contributed by atoms with van der Waals surface area (Å²) in [6.45, 7) is 12.7. The van der Waals surface area contributed by atoms with Crippen molar-refractivity contribution < 1.29 is 4.74 Å². The molecule has 1 N–H and O–H groups in total. The van der Waals surface area contributed by atoms with Gasteiger partial charge in [0.2, 0.25) is 0 Å². The van der Waals surface area contributed by atoms with Gasteiger partial charge in [-0.1, -0.05) is 33.6 Å². The zero-order chi connectivity index (χ0) is 14.4. The van der Waals surface area contributed by atoms with Crippen molar-refractivity contribution >= 4 is 0 Å². The topological polar surface area (TPSA) is 24.5 Å². The van der Waals surface area contributed by atoms with E-state index in [0.717, 1.165) is 19.6 Å². The lowest BCUT2D eigenvalue weighted by Crippen LogP contribution is -2.43. The van der Waals surface area contributed by atoms with Gasteiger partial charge in [0, 0.05) is 13.1 Å². The van der Waals surface area contributed by atoms with Gasteiger partial charge in [-0.3, -0.25) is 0 Å². The lowest BCUT2D eigenvalue weighted by molar-refractivity contribution is 0.00656. The molecule has 0 aromatic heterocycles. The first-order valence-electron chi connectivity index (χ1n) is 8.80. The van der Waals surface area contributed by atoms with Gasteiger partial charge >= 0.3 is 0 Å². The van der Waals surface area contributed by atoms with Crippen LogP contribution in [0.1, 0.15) is 59.3 Å². The summed E-state index contributed by atoms with van der Waals surface area (Å²) in [7, 11) is 0. The first kappa shape index (κ1) is 16.3. The highest BCUT2D eigenvalue weighted by Gasteiger charge is 2.33. The third-order valence-electron chi connectivity index (χ3n) is 5.70. The third-order valence-corrected chi connectivity index (χ3v) is 5.70. The molecule has 0 radical (unpaired) electrons. The van der Waals surface area contributed by atoms with Crippen LogP contribution in [0, 0.1) is 5.41 Å². The van der Waals surface area contributed by atoms with Crippen LogP contribution in [-0.2, 0) is 4.74 Å². The molecule has 2 aliphatic heterocycles. The summed E-state index contributed by atoms with van der Waals surface area (Å²) >= 11 is 0. The molecule has 0 aromatic carbocycles. The molecule has 2 saturated heterocycles. The van der Waals surface area contributed by atoms with E-state index in [0.29, 0.717) is 17.6 Å². The minimum atomic E-state index is 0.454. The van der Waals surface area contributed by atoms with Crippen LogP contribution in [0.5, 0.6) is 0 Å². The van der Waals surface area contributed by atoms with E-state index in [1.165, 1.54) is 51.6 Å². The molecule has 0 saturated carbocycles. The fraction of sp³-hybridized carbons (Fsp3) is 1.00. The molecule has 0 amide bonds. The van der Waals surface area contributed by atoms with E-state index in [-0.39, 0.29) is 0 Å². The molecule has 20 heavy (non-hydrogen) atoms. The number of nitrogens with one attached hydrogen (secondary N) is 1. The van der Waals surface area contributed by atoms with Crippen molar-refractivity contribution in [1.29, 1.82) is 0 Å². The zero-order valence-corrected chi connectivity index (χ0v) is 13.8. The maximum absolute atomic E-state index is 6.17. The zero-order valence-electron chi connectivity index (χ0n) is 13.8. The normalized spacial score (nSPS) is 30.8. The fourth-order valence-electron chi connectivity index (χ4n) is 3.82. The minimum absolute atomic E-state index is 0.454. The molecular formula is C17H34N2O. The highest BCUT2D eigenvalue weighted by molar-refractivity contribution is 4.86. The second kappa shape index (κ2) is 7.77. The molecule has 3 heteroatoms. The van der Waals surface area contributed by atoms with Crippen molar-refractivity contribution in [2.45, 2.75) is 71.5 Å². The number of piperidine rings is 1. The Hall–Kier alpha value is -0.120. The Balaban J connectivity index is 1.68. The van der Waals surface area contributed by atoms with Crippen LogP contribution in [0.25, 0.3) is 0 Å². The van der Waals surface area contributed by atoms with Gasteiger partial charge in [-0.15, -0.1) is 0 Å². The molecule has 0 spiro atoms. The molecule has 3 nitrogen and oxygen atoms in total. The predicted molar refractivity (Wildman–Crippen MR) is 85.1 cm³/mol. The van der Waals surface area contributed by atoms with Gasteiger partial charge < -0.3 is 15.0 Å². The van der Waals surface area contributed by atoms with Gasteiger partial charge in [0.15, 0.2) is 0 Å². The smallest absolute Gasteiger partial charge is 0.0707 e. The summed E-state index contributed by atoms with van der Waals surface area (Å²) in [5.74, 6) is 0. The lowest BCUT2D eigenvalue weighted by Gasteiger charge is -2.41. The Morgan fingerprint density at radius 2 is 1.70 bits per heavy atom. The molecular weight excluding hydrogens is 248 g/mol. The van der Waals surface area contributed by atoms with Crippen molar-refractivity contribution in [3.8, 4) is 0 Å². The number of hydrogen-bond donors (Lipinski definition) is 1. The van der Waals surface area contributed by atoms with E-state index >= 15 is 0 Å². The van der Waals surface area contributed by atoms with Crippen LogP contribution in [0.4, 0.5) is 0 Å². The van der Waals surface area contributed by atoms with E-state index in [4.69, 9.17) is 4.74 Å². The van der Waals surface area contributed by atoms with Gasteiger partial charge in [-0.2, -0.15) is 0 Å². The SMILES string of the molecule is CCNCC1CCC(CN2CCC(CC)(CC)CC2)O1.